The van der Waals surface area contributed by atoms with Gasteiger partial charge in [0.05, 0.1) is 6.54 Å². The van der Waals surface area contributed by atoms with Crippen LogP contribution < -0.4 is 19.5 Å². The molecule has 0 unspecified atom stereocenters. The van der Waals surface area contributed by atoms with Gasteiger partial charge in [-0.15, -0.1) is 0 Å². The normalized spacial score (nSPS) is 11.5. The minimum atomic E-state index is -0.318. The monoisotopic (exact) mass is 377 g/mol. The van der Waals surface area contributed by atoms with Crippen molar-refractivity contribution in [1.29, 1.82) is 0 Å². The number of hydrogen-bond donors (Lipinski definition) is 1. The number of rotatable bonds is 4. The van der Waals surface area contributed by atoms with Gasteiger partial charge in [0.15, 0.2) is 21.9 Å². The van der Waals surface area contributed by atoms with E-state index in [1.165, 1.54) is 0 Å². The highest BCUT2D eigenvalue weighted by Gasteiger charge is 2.13. The minimum Gasteiger partial charge on any atom is -0.481 e. The average Bonchev–Trinajstić information content (AvgIpc) is 3.18. The lowest BCUT2D eigenvalue weighted by Gasteiger charge is -2.02. The van der Waals surface area contributed by atoms with Crippen molar-refractivity contribution in [2.75, 3.05) is 19.9 Å². The van der Waals surface area contributed by atoms with Crippen molar-refractivity contribution < 1.29 is 23.4 Å². The van der Waals surface area contributed by atoms with E-state index in [2.05, 4.69) is 33.1 Å². The average molecular weight is 378 g/mol. The number of nitrogens with one attached hydrogen (secondary N) is 1. The van der Waals surface area contributed by atoms with Gasteiger partial charge in [-0.2, -0.15) is 0 Å². The number of fused-ring (bicyclic) bond motifs is 1. The van der Waals surface area contributed by atoms with Crippen molar-refractivity contribution in [3.05, 3.63) is 40.8 Å². The topological polar surface area (TPSA) is 69.9 Å². The Morgan fingerprint density at radius 3 is 2.91 bits per heavy atom. The lowest BCUT2D eigenvalue weighted by Crippen LogP contribution is -2.23. The number of carbonyl (C=O) groups is 1. The molecular weight excluding hydrogens is 366 g/mol. The first kappa shape index (κ1) is 15.3. The highest BCUT2D eigenvalue weighted by molar-refractivity contribution is 9.10. The summed E-state index contributed by atoms with van der Waals surface area (Å²) >= 11 is 3.14. The summed E-state index contributed by atoms with van der Waals surface area (Å²) in [6, 6.07) is 8.55. The molecule has 6 nitrogen and oxygen atoms in total. The maximum atomic E-state index is 11.7. The summed E-state index contributed by atoms with van der Waals surface area (Å²) in [4.78, 5) is 11.7. The van der Waals surface area contributed by atoms with E-state index in [-0.39, 0.29) is 31.6 Å². The number of hydrogen-bond acceptors (Lipinski definition) is 5. The maximum absolute atomic E-state index is 11.7. The van der Waals surface area contributed by atoms with E-state index >= 15 is 0 Å². The van der Waals surface area contributed by atoms with Gasteiger partial charge in [0.2, 0.25) is 6.79 Å². The zero-order valence-electron chi connectivity index (χ0n) is 11.9. The summed E-state index contributed by atoms with van der Waals surface area (Å²) in [5.41, 5.74) is 0. The van der Waals surface area contributed by atoms with Crippen LogP contribution in [0.25, 0.3) is 0 Å². The zero-order valence-corrected chi connectivity index (χ0v) is 13.5. The molecular formula is C16H12BrNO5. The Balaban J connectivity index is 1.41. The Bertz CT molecular complexity index is 774. The van der Waals surface area contributed by atoms with E-state index < -0.39 is 0 Å². The number of furan rings is 1. The minimum absolute atomic E-state index is 0.210. The zero-order chi connectivity index (χ0) is 16.1. The highest BCUT2D eigenvalue weighted by atomic mass is 79.9. The number of carbonyl (C=O) groups excluding carboxylic acids is 1. The summed E-state index contributed by atoms with van der Waals surface area (Å²) in [6.45, 7) is 0.647. The fraction of sp³-hybridized carbons (Fsp3) is 0.188. The van der Waals surface area contributed by atoms with Gasteiger partial charge < -0.3 is 23.9 Å². The number of halogens is 1. The van der Waals surface area contributed by atoms with Crippen LogP contribution in [0.15, 0.2) is 39.4 Å². The Hall–Kier alpha value is -2.59. The van der Waals surface area contributed by atoms with Crippen molar-refractivity contribution in [2.24, 2.45) is 0 Å². The molecule has 2 heterocycles. The lowest BCUT2D eigenvalue weighted by molar-refractivity contribution is 0.0930. The molecule has 1 aromatic heterocycles. The van der Waals surface area contributed by atoms with E-state index in [0.717, 1.165) is 0 Å². The molecule has 0 aliphatic carbocycles. The molecule has 0 saturated heterocycles. The van der Waals surface area contributed by atoms with Gasteiger partial charge in [-0.1, -0.05) is 11.8 Å². The highest BCUT2D eigenvalue weighted by Crippen LogP contribution is 2.34. The van der Waals surface area contributed by atoms with E-state index in [0.29, 0.717) is 21.9 Å². The van der Waals surface area contributed by atoms with E-state index in [4.69, 9.17) is 18.6 Å². The molecule has 1 amide bonds. The SMILES string of the molecule is O=C(NCC#CCOc1ccc2c(c1)OCO2)c1ccc(Br)o1. The molecule has 2 aromatic rings. The van der Waals surface area contributed by atoms with Crippen LogP contribution >= 0.6 is 15.9 Å². The molecule has 0 saturated carbocycles. The van der Waals surface area contributed by atoms with Crippen molar-refractivity contribution in [1.82, 2.24) is 5.32 Å². The Morgan fingerprint density at radius 1 is 1.22 bits per heavy atom. The van der Waals surface area contributed by atoms with Crippen LogP contribution in [0.3, 0.4) is 0 Å². The maximum Gasteiger partial charge on any atom is 0.287 e. The third-order valence-electron chi connectivity index (χ3n) is 2.91. The first-order valence-corrected chi connectivity index (χ1v) is 7.53. The predicted molar refractivity (Wildman–Crippen MR) is 84.6 cm³/mol. The summed E-state index contributed by atoms with van der Waals surface area (Å²) < 4.78 is 21.6. The number of amides is 1. The molecule has 1 aliphatic heterocycles. The smallest absolute Gasteiger partial charge is 0.287 e. The molecule has 0 bridgehead atoms. The second-order valence-electron chi connectivity index (χ2n) is 4.44. The Kier molecular flexibility index (Phi) is 4.74. The Labute approximate surface area is 140 Å². The predicted octanol–water partition coefficient (Wildman–Crippen LogP) is 2.58. The summed E-state index contributed by atoms with van der Waals surface area (Å²) in [7, 11) is 0. The van der Waals surface area contributed by atoms with Crippen LogP contribution in [0.1, 0.15) is 10.6 Å². The first-order valence-electron chi connectivity index (χ1n) is 6.74. The van der Waals surface area contributed by atoms with Gasteiger partial charge in [0, 0.05) is 6.07 Å². The summed E-state index contributed by atoms with van der Waals surface area (Å²) in [5, 5.41) is 2.63. The number of benzene rings is 1. The third-order valence-corrected chi connectivity index (χ3v) is 3.34. The fourth-order valence-corrected chi connectivity index (χ4v) is 2.15. The second kappa shape index (κ2) is 7.11. The van der Waals surface area contributed by atoms with Gasteiger partial charge in [0.1, 0.15) is 12.4 Å². The standard InChI is InChI=1S/C16H12BrNO5/c17-15-6-5-13(23-15)16(19)18-7-1-2-8-20-11-3-4-12-14(9-11)22-10-21-12/h3-6,9H,7-8,10H2,(H,18,19). The van der Waals surface area contributed by atoms with E-state index in [1.54, 1.807) is 30.3 Å². The fourth-order valence-electron chi connectivity index (χ4n) is 1.85. The van der Waals surface area contributed by atoms with Crippen LogP contribution in [-0.2, 0) is 0 Å². The van der Waals surface area contributed by atoms with Crippen LogP contribution in [-0.4, -0.2) is 25.9 Å². The molecule has 0 fully saturated rings. The molecule has 1 aliphatic rings. The molecule has 23 heavy (non-hydrogen) atoms. The van der Waals surface area contributed by atoms with Gasteiger partial charge >= 0.3 is 0 Å². The Morgan fingerprint density at radius 2 is 2.09 bits per heavy atom. The number of ether oxygens (including phenoxy) is 3. The van der Waals surface area contributed by atoms with Gasteiger partial charge in [-0.3, -0.25) is 4.79 Å². The second-order valence-corrected chi connectivity index (χ2v) is 5.23. The van der Waals surface area contributed by atoms with Crippen LogP contribution in [0, 0.1) is 11.8 Å². The van der Waals surface area contributed by atoms with Crippen molar-refractivity contribution in [3.8, 4) is 29.1 Å². The van der Waals surface area contributed by atoms with Crippen molar-refractivity contribution >= 4 is 21.8 Å². The van der Waals surface area contributed by atoms with Crippen LogP contribution in [0.4, 0.5) is 0 Å². The van der Waals surface area contributed by atoms with Crippen LogP contribution in [0.2, 0.25) is 0 Å². The summed E-state index contributed by atoms with van der Waals surface area (Å²) in [6.07, 6.45) is 0. The van der Waals surface area contributed by atoms with Gasteiger partial charge in [-0.25, -0.2) is 0 Å². The van der Waals surface area contributed by atoms with E-state index in [9.17, 15) is 4.79 Å². The molecule has 1 aromatic carbocycles. The molecule has 0 radical (unpaired) electrons. The van der Waals surface area contributed by atoms with Crippen molar-refractivity contribution in [2.45, 2.75) is 0 Å². The molecule has 0 atom stereocenters. The van der Waals surface area contributed by atoms with Gasteiger partial charge in [-0.05, 0) is 40.2 Å². The molecule has 3 rings (SSSR count). The molecule has 1 N–H and O–H groups in total. The lowest BCUT2D eigenvalue weighted by atomic mass is 10.3. The first-order chi connectivity index (χ1) is 11.2. The van der Waals surface area contributed by atoms with Crippen LogP contribution in [0.5, 0.6) is 17.2 Å². The molecule has 118 valence electrons. The van der Waals surface area contributed by atoms with Gasteiger partial charge in [0.25, 0.3) is 5.91 Å². The quantitative estimate of drug-likeness (QED) is 0.829. The van der Waals surface area contributed by atoms with E-state index in [1.807, 2.05) is 0 Å². The van der Waals surface area contributed by atoms with Crippen molar-refractivity contribution in [3.63, 3.8) is 0 Å². The summed E-state index contributed by atoms with van der Waals surface area (Å²) in [5.74, 6) is 7.54. The molecule has 0 spiro atoms. The largest absolute Gasteiger partial charge is 0.481 e. The third kappa shape index (κ3) is 3.99. The molecule has 7 heteroatoms.